The fourth-order valence-electron chi connectivity index (χ4n) is 0.909. The van der Waals surface area contributed by atoms with Gasteiger partial charge in [-0.15, -0.1) is 0 Å². The van der Waals surface area contributed by atoms with Crippen molar-refractivity contribution < 1.29 is 0 Å². The van der Waals surface area contributed by atoms with E-state index in [2.05, 4.69) is 46.9 Å². The molecule has 0 saturated carbocycles. The van der Waals surface area contributed by atoms with E-state index in [9.17, 15) is 0 Å². The van der Waals surface area contributed by atoms with Gasteiger partial charge < -0.3 is 0 Å². The second kappa shape index (κ2) is 5.15. The van der Waals surface area contributed by atoms with E-state index in [1.165, 1.54) is 0 Å². The zero-order valence-corrected chi connectivity index (χ0v) is 10.3. The van der Waals surface area contributed by atoms with Crippen LogP contribution in [0.2, 0.25) is 0 Å². The van der Waals surface area contributed by atoms with Gasteiger partial charge in [0.15, 0.2) is 0 Å². The first kappa shape index (κ1) is 11.2. The summed E-state index contributed by atoms with van der Waals surface area (Å²) in [6, 6.07) is 6.02. The first-order chi connectivity index (χ1) is 6.59. The number of rotatable bonds is 0. The van der Waals surface area contributed by atoms with Crippen LogP contribution >= 0.6 is 15.9 Å². The summed E-state index contributed by atoms with van der Waals surface area (Å²) < 4.78 is 1.07. The van der Waals surface area contributed by atoms with Crippen LogP contribution in [0.5, 0.6) is 0 Å². The fraction of sp³-hybridized carbons (Fsp3) is 0.364. The molecular formula is C11H15BrN2. The van der Waals surface area contributed by atoms with Gasteiger partial charge in [0.25, 0.3) is 0 Å². The zero-order chi connectivity index (χ0) is 10.6. The minimum atomic E-state index is 0.833. The number of benzene rings is 1. The smallest absolute Gasteiger partial charge is 0.0661 e. The zero-order valence-electron chi connectivity index (χ0n) is 8.71. The van der Waals surface area contributed by atoms with Gasteiger partial charge in [0, 0.05) is 9.86 Å². The molecule has 0 aliphatic carbocycles. The second-order valence-electron chi connectivity index (χ2n) is 3.83. The number of nitrogens with one attached hydrogen (secondary N) is 1. The van der Waals surface area contributed by atoms with Gasteiger partial charge in [0.1, 0.15) is 0 Å². The standard InChI is InChI=1S/C7H5BrN2.C4H10/c8-6-2-1-5-4-9-10-7(5)3-6;1-4(2)3/h1-4H,(H,9,10);4H,1-3H3. The van der Waals surface area contributed by atoms with Crippen LogP contribution < -0.4 is 0 Å². The molecule has 1 heterocycles. The fourth-order valence-corrected chi connectivity index (χ4v) is 1.27. The molecule has 3 heteroatoms. The maximum atomic E-state index is 3.90. The van der Waals surface area contributed by atoms with Gasteiger partial charge in [0.05, 0.1) is 11.7 Å². The SMILES string of the molecule is Brc1ccc2cn[nH]c2c1.CC(C)C. The summed E-state index contributed by atoms with van der Waals surface area (Å²) >= 11 is 3.37. The van der Waals surface area contributed by atoms with Gasteiger partial charge in [0.2, 0.25) is 0 Å². The number of hydrogen-bond donors (Lipinski definition) is 1. The van der Waals surface area contributed by atoms with Crippen LogP contribution in [-0.2, 0) is 0 Å². The summed E-state index contributed by atoms with van der Waals surface area (Å²) in [6.45, 7) is 6.50. The van der Waals surface area contributed by atoms with Crippen LogP contribution in [0.4, 0.5) is 0 Å². The van der Waals surface area contributed by atoms with Crippen molar-refractivity contribution >= 4 is 26.8 Å². The van der Waals surface area contributed by atoms with Crippen molar-refractivity contribution in [3.8, 4) is 0 Å². The first-order valence-corrected chi connectivity index (χ1v) is 5.47. The lowest BCUT2D eigenvalue weighted by Gasteiger charge is -1.87. The van der Waals surface area contributed by atoms with E-state index in [4.69, 9.17) is 0 Å². The van der Waals surface area contributed by atoms with Crippen LogP contribution in [0, 0.1) is 5.92 Å². The molecule has 1 aromatic carbocycles. The van der Waals surface area contributed by atoms with E-state index in [1.807, 2.05) is 24.4 Å². The maximum absolute atomic E-state index is 3.90. The number of fused-ring (bicyclic) bond motifs is 1. The summed E-state index contributed by atoms with van der Waals surface area (Å²) in [5, 5.41) is 7.92. The van der Waals surface area contributed by atoms with E-state index in [0.29, 0.717) is 0 Å². The molecule has 0 radical (unpaired) electrons. The highest BCUT2D eigenvalue weighted by Gasteiger charge is 1.93. The predicted octanol–water partition coefficient (Wildman–Crippen LogP) is 3.99. The molecule has 0 fully saturated rings. The van der Waals surface area contributed by atoms with Crippen LogP contribution in [0.25, 0.3) is 10.9 Å². The molecule has 1 aromatic heterocycles. The summed E-state index contributed by atoms with van der Waals surface area (Å²) in [4.78, 5) is 0. The Balaban J connectivity index is 0.000000213. The molecule has 0 atom stereocenters. The van der Waals surface area contributed by atoms with Crippen molar-refractivity contribution in [3.63, 3.8) is 0 Å². The summed E-state index contributed by atoms with van der Waals surface area (Å²) in [5.74, 6) is 0.833. The lowest BCUT2D eigenvalue weighted by molar-refractivity contribution is 0.737. The number of nitrogens with zero attached hydrogens (tertiary/aromatic N) is 1. The number of hydrogen-bond acceptors (Lipinski definition) is 1. The Hall–Kier alpha value is -0.830. The number of H-pyrrole nitrogens is 1. The normalized spacial score (nSPS) is 10.1. The third-order valence-corrected chi connectivity index (χ3v) is 1.90. The molecule has 2 nitrogen and oxygen atoms in total. The van der Waals surface area contributed by atoms with Crippen LogP contribution in [0.3, 0.4) is 0 Å². The third kappa shape index (κ3) is 3.50. The maximum Gasteiger partial charge on any atom is 0.0661 e. The Morgan fingerprint density at radius 1 is 1.29 bits per heavy atom. The molecule has 0 aliphatic rings. The summed E-state index contributed by atoms with van der Waals surface area (Å²) in [5.41, 5.74) is 1.06. The van der Waals surface area contributed by atoms with E-state index in [1.54, 1.807) is 0 Å². The highest BCUT2D eigenvalue weighted by atomic mass is 79.9. The van der Waals surface area contributed by atoms with Gasteiger partial charge >= 0.3 is 0 Å². The van der Waals surface area contributed by atoms with E-state index in [0.717, 1.165) is 21.3 Å². The minimum Gasteiger partial charge on any atom is -0.278 e. The Morgan fingerprint density at radius 2 is 1.93 bits per heavy atom. The van der Waals surface area contributed by atoms with E-state index < -0.39 is 0 Å². The Labute approximate surface area is 92.8 Å². The van der Waals surface area contributed by atoms with E-state index in [-0.39, 0.29) is 0 Å². The first-order valence-electron chi connectivity index (χ1n) is 4.68. The lowest BCUT2D eigenvalue weighted by atomic mass is 10.3. The van der Waals surface area contributed by atoms with Gasteiger partial charge in [-0.3, -0.25) is 5.10 Å². The Kier molecular flexibility index (Phi) is 4.14. The van der Waals surface area contributed by atoms with Crippen LogP contribution in [0.15, 0.2) is 28.9 Å². The highest BCUT2D eigenvalue weighted by molar-refractivity contribution is 9.10. The van der Waals surface area contributed by atoms with Crippen molar-refractivity contribution in [1.82, 2.24) is 10.2 Å². The molecule has 0 bridgehead atoms. The van der Waals surface area contributed by atoms with Crippen molar-refractivity contribution in [1.29, 1.82) is 0 Å². The van der Waals surface area contributed by atoms with Crippen LogP contribution in [-0.4, -0.2) is 10.2 Å². The van der Waals surface area contributed by atoms with Gasteiger partial charge in [-0.1, -0.05) is 42.8 Å². The average molecular weight is 255 g/mol. The molecule has 14 heavy (non-hydrogen) atoms. The Bertz CT molecular complexity index is 390. The summed E-state index contributed by atoms with van der Waals surface area (Å²) in [7, 11) is 0. The molecule has 1 N–H and O–H groups in total. The molecule has 2 rings (SSSR count). The Morgan fingerprint density at radius 3 is 2.57 bits per heavy atom. The topological polar surface area (TPSA) is 28.7 Å². The molecule has 0 amide bonds. The highest BCUT2D eigenvalue weighted by Crippen LogP contribution is 2.16. The summed E-state index contributed by atoms with van der Waals surface area (Å²) in [6.07, 6.45) is 1.81. The van der Waals surface area contributed by atoms with Gasteiger partial charge in [-0.05, 0) is 18.1 Å². The molecular weight excluding hydrogens is 240 g/mol. The molecule has 76 valence electrons. The number of halogens is 1. The van der Waals surface area contributed by atoms with Crippen molar-refractivity contribution in [2.75, 3.05) is 0 Å². The molecule has 0 aliphatic heterocycles. The molecule has 0 unspecified atom stereocenters. The largest absolute Gasteiger partial charge is 0.278 e. The number of aromatic amines is 1. The van der Waals surface area contributed by atoms with E-state index >= 15 is 0 Å². The van der Waals surface area contributed by atoms with Gasteiger partial charge in [-0.2, -0.15) is 5.10 Å². The van der Waals surface area contributed by atoms with Crippen LogP contribution in [0.1, 0.15) is 20.8 Å². The van der Waals surface area contributed by atoms with Gasteiger partial charge in [-0.25, -0.2) is 0 Å². The minimum absolute atomic E-state index is 0.833. The molecule has 0 saturated heterocycles. The lowest BCUT2D eigenvalue weighted by Crippen LogP contribution is -1.67. The second-order valence-corrected chi connectivity index (χ2v) is 4.75. The predicted molar refractivity (Wildman–Crippen MR) is 64.3 cm³/mol. The van der Waals surface area contributed by atoms with Crippen molar-refractivity contribution in [2.24, 2.45) is 5.92 Å². The van der Waals surface area contributed by atoms with Crippen molar-refractivity contribution in [2.45, 2.75) is 20.8 Å². The van der Waals surface area contributed by atoms with Crippen molar-refractivity contribution in [3.05, 3.63) is 28.9 Å². The molecule has 2 aromatic rings. The average Bonchev–Trinajstić information content (AvgIpc) is 2.49. The monoisotopic (exact) mass is 254 g/mol. The third-order valence-electron chi connectivity index (χ3n) is 1.40. The molecule has 0 spiro atoms. The quantitative estimate of drug-likeness (QED) is 0.757. The number of aromatic nitrogens is 2.